The Balaban J connectivity index is 5.24. The number of rotatable bonds is 28. The van der Waals surface area contributed by atoms with Crippen molar-refractivity contribution in [2.24, 2.45) is 0 Å². The summed E-state index contributed by atoms with van der Waals surface area (Å²) in [6.07, 6.45) is -25.8. The summed E-state index contributed by atoms with van der Waals surface area (Å²) < 4.78 is 271. The Morgan fingerprint density at radius 3 is 1.36 bits per heavy atom. The molecule has 0 spiro atoms. The molecule has 0 aromatic heterocycles. The zero-order valence-corrected chi connectivity index (χ0v) is 29.9. The number of esters is 3. The molecule has 0 heterocycles. The molecule has 0 bridgehead atoms. The number of alkyl carbamates (subject to hydrolysis) is 1. The molecule has 31 heteroatoms. The number of hydrogen-bond donors (Lipinski definition) is 1. The van der Waals surface area contributed by atoms with Crippen LogP contribution in [0, 0.1) is 0 Å². The predicted molar refractivity (Wildman–Crippen MR) is 158 cm³/mol. The Kier molecular flexibility index (Phi) is 20.4. The highest BCUT2D eigenvalue weighted by Crippen LogP contribution is 2.51. The van der Waals surface area contributed by atoms with Crippen LogP contribution in [0.3, 0.4) is 0 Å². The molecule has 58 heavy (non-hydrogen) atoms. The first kappa shape index (κ1) is 54.5. The van der Waals surface area contributed by atoms with Crippen LogP contribution in [-0.4, -0.2) is 128 Å². The summed E-state index contributed by atoms with van der Waals surface area (Å²) in [6, 6.07) is 0. The summed E-state index contributed by atoms with van der Waals surface area (Å²) in [5, 5.41) is -9.57. The van der Waals surface area contributed by atoms with Gasteiger partial charge in [0.2, 0.25) is 0 Å². The molecule has 0 aromatic carbocycles. The molecule has 0 fully saturated rings. The minimum Gasteiger partial charge on any atom is -0.463 e. The first-order valence-electron chi connectivity index (χ1n) is 14.7. The molecule has 1 amide bonds. The van der Waals surface area contributed by atoms with Gasteiger partial charge in [-0.1, -0.05) is 36.7 Å². The second-order valence-corrected chi connectivity index (χ2v) is 12.8. The van der Waals surface area contributed by atoms with E-state index in [0.717, 1.165) is 0 Å². The van der Waals surface area contributed by atoms with Gasteiger partial charge in [0.25, 0.3) is 12.7 Å². The zero-order valence-electron chi connectivity index (χ0n) is 28.3. The number of carbonyl (C=O) groups excluding carboxylic acids is 4. The molecule has 0 aromatic rings. The maximum atomic E-state index is 14.0. The molecule has 0 radical (unpaired) electrons. The topological polar surface area (TPSA) is 136 Å². The zero-order chi connectivity index (χ0) is 45.6. The quantitative estimate of drug-likeness (QED) is 0.0274. The van der Waals surface area contributed by atoms with Crippen molar-refractivity contribution in [3.05, 3.63) is 25.3 Å². The molecule has 2 unspecified atom stereocenters. The first-order valence-corrected chi connectivity index (χ1v) is 16.7. The number of thioether (sulfide) groups is 2. The number of amides is 1. The van der Waals surface area contributed by atoms with E-state index in [1.54, 1.807) is 0 Å². The monoisotopic (exact) mass is 931 g/mol. The standard InChI is InChI=1S/C27H27F18NO10S2/c1-3-14(47)51-8-5-6-16(49)53-12-20(30,31)24(38,39)26(42,43)55-17(28)22(34,35)57-10-11-58-23(36,37)18(29)56-27(44,45)25(40,41)21(32,33)13-54-19(50)46-7-9-52-15(48)4-2/h3-4,17-18H,1-2,5-13H2,(H,46,50). The summed E-state index contributed by atoms with van der Waals surface area (Å²) >= 11 is -2.80. The van der Waals surface area contributed by atoms with E-state index in [1.165, 1.54) is 5.32 Å². The second-order valence-electron chi connectivity index (χ2n) is 10.3. The van der Waals surface area contributed by atoms with Gasteiger partial charge in [0.1, 0.15) is 6.61 Å². The van der Waals surface area contributed by atoms with Gasteiger partial charge >= 0.3 is 70.4 Å². The Hall–Kier alpha value is -3.48. The molecule has 0 saturated carbocycles. The number of nitrogens with one attached hydrogen (secondary N) is 1. The maximum Gasteiger partial charge on any atom is 0.428 e. The summed E-state index contributed by atoms with van der Waals surface area (Å²) in [6.45, 7) is -1.74. The Bertz CT molecular complexity index is 1310. The lowest BCUT2D eigenvalue weighted by Crippen LogP contribution is -2.59. The lowest BCUT2D eigenvalue weighted by molar-refractivity contribution is -0.428. The summed E-state index contributed by atoms with van der Waals surface area (Å²) in [7, 11) is 0. The highest BCUT2D eigenvalue weighted by atomic mass is 32.2. The summed E-state index contributed by atoms with van der Waals surface area (Å²) in [5.74, 6) is -33.5. The number of alkyl halides is 18. The van der Waals surface area contributed by atoms with E-state index in [2.05, 4.69) is 41.6 Å². The van der Waals surface area contributed by atoms with E-state index in [9.17, 15) is 98.2 Å². The van der Waals surface area contributed by atoms with Gasteiger partial charge < -0.3 is 24.3 Å². The number of ether oxygens (including phenoxy) is 6. The molecule has 0 aliphatic carbocycles. The van der Waals surface area contributed by atoms with Crippen molar-refractivity contribution in [1.29, 1.82) is 0 Å². The third-order valence-corrected chi connectivity index (χ3v) is 8.09. The second kappa shape index (κ2) is 21.7. The van der Waals surface area contributed by atoms with Crippen LogP contribution in [-0.2, 0) is 42.8 Å². The minimum absolute atomic E-state index is 0.465. The number of carbonyl (C=O) groups is 4. The number of halogens is 18. The van der Waals surface area contributed by atoms with Gasteiger partial charge in [-0.15, -0.1) is 0 Å². The van der Waals surface area contributed by atoms with Gasteiger partial charge in [-0.25, -0.2) is 23.2 Å². The van der Waals surface area contributed by atoms with Crippen molar-refractivity contribution in [3.8, 4) is 0 Å². The van der Waals surface area contributed by atoms with Gasteiger partial charge in [-0.2, -0.15) is 70.2 Å². The van der Waals surface area contributed by atoms with Crippen molar-refractivity contribution < 1.29 is 127 Å². The van der Waals surface area contributed by atoms with E-state index in [4.69, 9.17) is 0 Å². The number of hydrogen-bond acceptors (Lipinski definition) is 12. The van der Waals surface area contributed by atoms with Gasteiger partial charge in [-0.05, 0) is 6.42 Å². The molecule has 338 valence electrons. The largest absolute Gasteiger partial charge is 0.463 e. The highest BCUT2D eigenvalue weighted by Gasteiger charge is 2.76. The van der Waals surface area contributed by atoms with Gasteiger partial charge in [-0.3, -0.25) is 14.3 Å². The van der Waals surface area contributed by atoms with Crippen LogP contribution in [0.4, 0.5) is 83.8 Å². The first-order chi connectivity index (χ1) is 26.2. The average molecular weight is 932 g/mol. The van der Waals surface area contributed by atoms with Crippen LogP contribution in [0.25, 0.3) is 0 Å². The molecule has 0 aliphatic rings. The molecule has 1 N–H and O–H groups in total. The van der Waals surface area contributed by atoms with E-state index in [-0.39, 0.29) is 0 Å². The van der Waals surface area contributed by atoms with Crippen molar-refractivity contribution >= 4 is 47.5 Å². The van der Waals surface area contributed by atoms with E-state index in [1.807, 2.05) is 0 Å². The van der Waals surface area contributed by atoms with Crippen LogP contribution >= 0.6 is 23.5 Å². The molecule has 0 rings (SSSR count). The van der Waals surface area contributed by atoms with Crippen molar-refractivity contribution in [2.45, 2.75) is 72.0 Å². The van der Waals surface area contributed by atoms with Gasteiger partial charge in [0.05, 0.1) is 13.2 Å². The molecule has 0 saturated heterocycles. The van der Waals surface area contributed by atoms with Crippen molar-refractivity contribution in [1.82, 2.24) is 5.32 Å². The fourth-order valence-electron chi connectivity index (χ4n) is 2.90. The minimum atomic E-state index is -6.95. The van der Waals surface area contributed by atoms with Crippen LogP contribution in [0.1, 0.15) is 12.8 Å². The fourth-order valence-corrected chi connectivity index (χ4v) is 4.47. The molecular formula is C27H27F18NO10S2. The Morgan fingerprint density at radius 2 is 0.966 bits per heavy atom. The Morgan fingerprint density at radius 1 is 0.586 bits per heavy atom. The van der Waals surface area contributed by atoms with E-state index >= 15 is 0 Å². The van der Waals surface area contributed by atoms with Crippen molar-refractivity contribution in [3.63, 3.8) is 0 Å². The van der Waals surface area contributed by atoms with Gasteiger partial charge in [0, 0.05) is 30.1 Å². The van der Waals surface area contributed by atoms with Crippen LogP contribution < -0.4 is 5.32 Å². The SMILES string of the molecule is C=CC(=O)OCCCC(=O)OCC(F)(F)C(F)(F)C(F)(F)OC(F)C(F)(F)SCCSC(F)(F)C(F)OC(F)(F)C(F)(F)C(F)(F)COC(=O)NCCOC(=O)C=C. The normalized spacial score (nSPS) is 14.5. The molecule has 11 nitrogen and oxygen atoms in total. The maximum absolute atomic E-state index is 14.0. The predicted octanol–water partition coefficient (Wildman–Crippen LogP) is 7.50. The van der Waals surface area contributed by atoms with E-state index in [0.29, 0.717) is 12.2 Å². The smallest absolute Gasteiger partial charge is 0.428 e. The fraction of sp³-hybridized carbons (Fsp3) is 0.704. The van der Waals surface area contributed by atoms with Crippen LogP contribution in [0.2, 0.25) is 0 Å². The summed E-state index contributed by atoms with van der Waals surface area (Å²) in [5.41, 5.74) is 0. The van der Waals surface area contributed by atoms with E-state index < -0.39 is 164 Å². The lowest BCUT2D eigenvalue weighted by atomic mass is 10.1. The third-order valence-electron chi connectivity index (χ3n) is 5.87. The lowest BCUT2D eigenvalue weighted by Gasteiger charge is -2.33. The van der Waals surface area contributed by atoms with Crippen LogP contribution in [0.15, 0.2) is 25.3 Å². The summed E-state index contributed by atoms with van der Waals surface area (Å²) in [4.78, 5) is 44.3. The Labute approximate surface area is 321 Å². The molecule has 0 aliphatic heterocycles. The van der Waals surface area contributed by atoms with Gasteiger partial charge in [0.15, 0.2) is 13.2 Å². The third kappa shape index (κ3) is 15.9. The molecular weight excluding hydrogens is 904 g/mol. The highest BCUT2D eigenvalue weighted by molar-refractivity contribution is 8.04. The van der Waals surface area contributed by atoms with Crippen LogP contribution in [0.5, 0.6) is 0 Å². The van der Waals surface area contributed by atoms with Crippen molar-refractivity contribution in [2.75, 3.05) is 44.5 Å². The molecule has 2 atom stereocenters. The average Bonchev–Trinajstić information content (AvgIpc) is 3.10.